The van der Waals surface area contributed by atoms with Gasteiger partial charge in [0.15, 0.2) is 0 Å². The Hall–Kier alpha value is -2.43. The minimum Gasteiger partial charge on any atom is -0.378 e. The standard InChI is InChI=1S/C21H25FN4O4S/c1-14-12-16(22)5-6-19(14)31(28,29)26-7-3-4-18(26)20-17(13-23-15(2)24-20)21(27)25-8-10-30-11-9-25/h5-6,12-13,18H,3-4,7-11H2,1-2H3. The summed E-state index contributed by atoms with van der Waals surface area (Å²) < 4.78 is 47.2. The number of sulfonamides is 1. The first-order valence-corrected chi connectivity index (χ1v) is 11.7. The molecule has 8 nitrogen and oxygen atoms in total. The predicted octanol–water partition coefficient (Wildman–Crippen LogP) is 2.23. The van der Waals surface area contributed by atoms with E-state index in [1.807, 2.05) is 0 Å². The van der Waals surface area contributed by atoms with E-state index in [0.717, 1.165) is 6.07 Å². The summed E-state index contributed by atoms with van der Waals surface area (Å²) in [5, 5.41) is 0. The zero-order valence-electron chi connectivity index (χ0n) is 17.5. The van der Waals surface area contributed by atoms with Crippen molar-refractivity contribution in [3.05, 3.63) is 52.9 Å². The Balaban J connectivity index is 1.73. The fraction of sp³-hybridized carbons (Fsp3) is 0.476. The molecule has 2 aliphatic rings. The molecule has 166 valence electrons. The van der Waals surface area contributed by atoms with Gasteiger partial charge in [-0.25, -0.2) is 22.8 Å². The molecule has 0 spiro atoms. The van der Waals surface area contributed by atoms with Crippen molar-refractivity contribution in [1.82, 2.24) is 19.2 Å². The monoisotopic (exact) mass is 448 g/mol. The largest absolute Gasteiger partial charge is 0.378 e. The van der Waals surface area contributed by atoms with Crippen molar-refractivity contribution in [2.24, 2.45) is 0 Å². The third-order valence-corrected chi connectivity index (χ3v) is 7.78. The summed E-state index contributed by atoms with van der Waals surface area (Å²) >= 11 is 0. The average Bonchev–Trinajstić information content (AvgIpc) is 3.24. The number of hydrogen-bond donors (Lipinski definition) is 0. The molecule has 0 N–H and O–H groups in total. The molecule has 4 rings (SSSR count). The minimum absolute atomic E-state index is 0.0626. The van der Waals surface area contributed by atoms with Crippen molar-refractivity contribution in [2.45, 2.75) is 37.6 Å². The van der Waals surface area contributed by atoms with E-state index in [0.29, 0.717) is 68.3 Å². The van der Waals surface area contributed by atoms with Gasteiger partial charge in [0.25, 0.3) is 5.91 Å². The van der Waals surface area contributed by atoms with Gasteiger partial charge in [0.05, 0.1) is 35.4 Å². The Morgan fingerprint density at radius 2 is 1.94 bits per heavy atom. The Morgan fingerprint density at radius 1 is 1.19 bits per heavy atom. The highest BCUT2D eigenvalue weighted by Gasteiger charge is 2.40. The highest BCUT2D eigenvalue weighted by atomic mass is 32.2. The maximum atomic E-state index is 13.5. The van der Waals surface area contributed by atoms with Crippen LogP contribution in [0.25, 0.3) is 0 Å². The van der Waals surface area contributed by atoms with Crippen LogP contribution in [-0.2, 0) is 14.8 Å². The first-order valence-electron chi connectivity index (χ1n) is 10.3. The Kier molecular flexibility index (Phi) is 6.05. The molecule has 1 amide bonds. The van der Waals surface area contributed by atoms with Gasteiger partial charge < -0.3 is 9.64 Å². The van der Waals surface area contributed by atoms with E-state index in [1.54, 1.807) is 18.7 Å². The third kappa shape index (κ3) is 4.19. The summed E-state index contributed by atoms with van der Waals surface area (Å²) in [5.41, 5.74) is 1.08. The van der Waals surface area contributed by atoms with Crippen LogP contribution in [0.1, 0.15) is 46.3 Å². The van der Waals surface area contributed by atoms with Crippen molar-refractivity contribution in [3.63, 3.8) is 0 Å². The number of rotatable bonds is 4. The fourth-order valence-corrected chi connectivity index (χ4v) is 6.04. The van der Waals surface area contributed by atoms with Crippen LogP contribution in [-0.4, -0.2) is 66.3 Å². The average molecular weight is 449 g/mol. The molecule has 0 saturated carbocycles. The van der Waals surface area contributed by atoms with Gasteiger partial charge in [-0.3, -0.25) is 4.79 Å². The Bertz CT molecular complexity index is 1100. The Morgan fingerprint density at radius 3 is 2.65 bits per heavy atom. The van der Waals surface area contributed by atoms with Crippen LogP contribution in [0, 0.1) is 19.7 Å². The molecule has 1 unspecified atom stereocenters. The molecular weight excluding hydrogens is 423 g/mol. The first kappa shape index (κ1) is 21.8. The number of carbonyl (C=O) groups excluding carboxylic acids is 1. The second kappa shape index (κ2) is 8.60. The van der Waals surface area contributed by atoms with Gasteiger partial charge >= 0.3 is 0 Å². The van der Waals surface area contributed by atoms with E-state index >= 15 is 0 Å². The number of amides is 1. The number of ether oxygens (including phenoxy) is 1. The molecule has 1 aromatic heterocycles. The number of benzene rings is 1. The maximum Gasteiger partial charge on any atom is 0.257 e. The molecule has 0 aliphatic carbocycles. The molecule has 2 saturated heterocycles. The Labute approximate surface area is 181 Å². The smallest absolute Gasteiger partial charge is 0.257 e. The van der Waals surface area contributed by atoms with Crippen LogP contribution in [0.3, 0.4) is 0 Å². The van der Waals surface area contributed by atoms with Crippen molar-refractivity contribution in [3.8, 4) is 0 Å². The van der Waals surface area contributed by atoms with Gasteiger partial charge in [-0.2, -0.15) is 4.31 Å². The molecule has 2 aliphatic heterocycles. The summed E-state index contributed by atoms with van der Waals surface area (Å²) in [5.74, 6) is -0.240. The van der Waals surface area contributed by atoms with E-state index in [1.165, 1.54) is 22.6 Å². The molecule has 10 heteroatoms. The zero-order chi connectivity index (χ0) is 22.2. The molecule has 3 heterocycles. The number of aryl methyl sites for hydroxylation is 2. The first-order chi connectivity index (χ1) is 14.8. The summed E-state index contributed by atoms with van der Waals surface area (Å²) in [6, 6.07) is 3.06. The molecule has 1 atom stereocenters. The number of nitrogens with zero attached hydrogens (tertiary/aromatic N) is 4. The van der Waals surface area contributed by atoms with Crippen LogP contribution >= 0.6 is 0 Å². The summed E-state index contributed by atoms with van der Waals surface area (Å²) in [6.45, 7) is 5.44. The SMILES string of the molecule is Cc1ncc(C(=O)N2CCOCC2)c(C2CCCN2S(=O)(=O)c2ccc(F)cc2C)n1. The number of aromatic nitrogens is 2. The zero-order valence-corrected chi connectivity index (χ0v) is 18.4. The van der Waals surface area contributed by atoms with Gasteiger partial charge in [-0.05, 0) is 50.5 Å². The van der Waals surface area contributed by atoms with Crippen LogP contribution in [0.4, 0.5) is 4.39 Å². The highest BCUT2D eigenvalue weighted by molar-refractivity contribution is 7.89. The van der Waals surface area contributed by atoms with Gasteiger partial charge in [0.1, 0.15) is 11.6 Å². The van der Waals surface area contributed by atoms with Gasteiger partial charge in [-0.15, -0.1) is 0 Å². The van der Waals surface area contributed by atoms with E-state index in [-0.39, 0.29) is 10.8 Å². The van der Waals surface area contributed by atoms with Crippen LogP contribution in [0.5, 0.6) is 0 Å². The molecule has 0 radical (unpaired) electrons. The normalized spacial score (nSPS) is 20.2. The highest BCUT2D eigenvalue weighted by Crippen LogP contribution is 2.38. The van der Waals surface area contributed by atoms with Gasteiger partial charge in [-0.1, -0.05) is 0 Å². The number of hydrogen-bond acceptors (Lipinski definition) is 6. The molecule has 31 heavy (non-hydrogen) atoms. The van der Waals surface area contributed by atoms with Gasteiger partial charge in [0, 0.05) is 25.8 Å². The minimum atomic E-state index is -3.90. The fourth-order valence-electron chi connectivity index (χ4n) is 4.17. The van der Waals surface area contributed by atoms with Crippen molar-refractivity contribution >= 4 is 15.9 Å². The summed E-state index contributed by atoms with van der Waals surface area (Å²) in [4.78, 5) is 23.6. The van der Waals surface area contributed by atoms with Crippen molar-refractivity contribution in [1.29, 1.82) is 0 Å². The van der Waals surface area contributed by atoms with E-state index < -0.39 is 21.9 Å². The lowest BCUT2D eigenvalue weighted by Crippen LogP contribution is -2.42. The van der Waals surface area contributed by atoms with Crippen LogP contribution < -0.4 is 0 Å². The van der Waals surface area contributed by atoms with E-state index in [2.05, 4.69) is 9.97 Å². The topological polar surface area (TPSA) is 92.7 Å². The second-order valence-electron chi connectivity index (χ2n) is 7.80. The quantitative estimate of drug-likeness (QED) is 0.712. The number of halogens is 1. The molecule has 1 aromatic carbocycles. The maximum absolute atomic E-state index is 13.5. The third-order valence-electron chi connectivity index (χ3n) is 5.71. The lowest BCUT2D eigenvalue weighted by atomic mass is 10.1. The van der Waals surface area contributed by atoms with Crippen LogP contribution in [0.15, 0.2) is 29.3 Å². The molecule has 2 aromatic rings. The summed E-state index contributed by atoms with van der Waals surface area (Å²) in [7, 11) is -3.90. The van der Waals surface area contributed by atoms with Crippen molar-refractivity contribution < 1.29 is 22.3 Å². The lowest BCUT2D eigenvalue weighted by molar-refractivity contribution is 0.0300. The lowest BCUT2D eigenvalue weighted by Gasteiger charge is -2.29. The van der Waals surface area contributed by atoms with E-state index in [4.69, 9.17) is 4.74 Å². The second-order valence-corrected chi connectivity index (χ2v) is 9.66. The molecule has 2 fully saturated rings. The van der Waals surface area contributed by atoms with Gasteiger partial charge in [0.2, 0.25) is 10.0 Å². The molecular formula is C21H25FN4O4S. The number of morpholine rings is 1. The van der Waals surface area contributed by atoms with E-state index in [9.17, 15) is 17.6 Å². The van der Waals surface area contributed by atoms with Crippen molar-refractivity contribution in [2.75, 3.05) is 32.8 Å². The molecule has 0 bridgehead atoms. The number of carbonyl (C=O) groups is 1. The summed E-state index contributed by atoms with van der Waals surface area (Å²) in [6.07, 6.45) is 2.67. The van der Waals surface area contributed by atoms with Crippen LogP contribution in [0.2, 0.25) is 0 Å². The predicted molar refractivity (Wildman–Crippen MR) is 110 cm³/mol.